The highest BCUT2D eigenvalue weighted by Crippen LogP contribution is 2.12. The molecule has 17 heavy (non-hydrogen) atoms. The first-order chi connectivity index (χ1) is 8.18. The molecule has 4 heteroatoms. The average molecular weight is 243 g/mol. The van der Waals surface area contributed by atoms with Gasteiger partial charge in [0.15, 0.2) is 0 Å². The Morgan fingerprint density at radius 2 is 1.65 bits per heavy atom. The Morgan fingerprint density at radius 1 is 1.06 bits per heavy atom. The van der Waals surface area contributed by atoms with E-state index >= 15 is 0 Å². The predicted molar refractivity (Wildman–Crippen MR) is 67.0 cm³/mol. The lowest BCUT2D eigenvalue weighted by Crippen LogP contribution is -2.36. The Morgan fingerprint density at radius 3 is 2.29 bits per heavy atom. The van der Waals surface area contributed by atoms with Crippen molar-refractivity contribution in [3.63, 3.8) is 0 Å². The number of nitrogens with zero attached hydrogens (tertiary/aromatic N) is 1. The Kier molecular flexibility index (Phi) is 7.21. The number of aliphatic hydroxyl groups is 1. The molecule has 1 aliphatic heterocycles. The van der Waals surface area contributed by atoms with E-state index in [2.05, 4.69) is 4.90 Å². The molecule has 0 aromatic rings. The first kappa shape index (κ1) is 14.5. The molecule has 1 saturated heterocycles. The minimum absolute atomic E-state index is 0.0812. The van der Waals surface area contributed by atoms with Crippen molar-refractivity contribution in [1.29, 1.82) is 0 Å². The fraction of sp³-hybridized carbons (Fsp3) is 0.923. The van der Waals surface area contributed by atoms with E-state index in [1.54, 1.807) is 0 Å². The van der Waals surface area contributed by atoms with Crippen LogP contribution < -0.4 is 0 Å². The summed E-state index contributed by atoms with van der Waals surface area (Å²) >= 11 is 0. The monoisotopic (exact) mass is 243 g/mol. The average Bonchev–Trinajstić information content (AvgIpc) is 2.30. The highest BCUT2D eigenvalue weighted by molar-refractivity contribution is 5.66. The van der Waals surface area contributed by atoms with Crippen LogP contribution in [0.1, 0.15) is 51.4 Å². The van der Waals surface area contributed by atoms with Gasteiger partial charge in [0.25, 0.3) is 0 Å². The molecule has 1 fully saturated rings. The molecule has 0 aromatic heterocycles. The van der Waals surface area contributed by atoms with E-state index in [0.29, 0.717) is 6.42 Å². The van der Waals surface area contributed by atoms with Crippen molar-refractivity contribution in [1.82, 2.24) is 4.90 Å². The maximum atomic E-state index is 10.3. The molecule has 0 radical (unpaired) electrons. The van der Waals surface area contributed by atoms with Gasteiger partial charge in [0.2, 0.25) is 0 Å². The summed E-state index contributed by atoms with van der Waals surface area (Å²) in [5.74, 6) is -0.683. The summed E-state index contributed by atoms with van der Waals surface area (Å²) < 4.78 is 0. The van der Waals surface area contributed by atoms with E-state index in [4.69, 9.17) is 5.11 Å². The quantitative estimate of drug-likeness (QED) is 0.639. The second-order valence-corrected chi connectivity index (χ2v) is 4.98. The van der Waals surface area contributed by atoms with E-state index in [0.717, 1.165) is 51.7 Å². The molecule has 0 saturated carbocycles. The molecule has 0 atom stereocenters. The van der Waals surface area contributed by atoms with Crippen molar-refractivity contribution < 1.29 is 15.0 Å². The zero-order chi connectivity index (χ0) is 12.5. The summed E-state index contributed by atoms with van der Waals surface area (Å²) in [6.07, 6.45) is 7.44. The summed E-state index contributed by atoms with van der Waals surface area (Å²) in [7, 11) is 0. The topological polar surface area (TPSA) is 60.8 Å². The van der Waals surface area contributed by atoms with Gasteiger partial charge in [0, 0.05) is 19.5 Å². The number of hydrogen-bond acceptors (Lipinski definition) is 3. The molecule has 0 amide bonds. The van der Waals surface area contributed by atoms with E-state index < -0.39 is 5.97 Å². The second kappa shape index (κ2) is 8.48. The van der Waals surface area contributed by atoms with Crippen LogP contribution in [-0.2, 0) is 4.79 Å². The zero-order valence-electron chi connectivity index (χ0n) is 10.6. The molecule has 4 nitrogen and oxygen atoms in total. The fourth-order valence-electron chi connectivity index (χ4n) is 2.28. The Hall–Kier alpha value is -0.610. The molecule has 0 aliphatic carbocycles. The van der Waals surface area contributed by atoms with Gasteiger partial charge in [0.05, 0.1) is 6.10 Å². The molecule has 2 N–H and O–H groups in total. The van der Waals surface area contributed by atoms with Crippen LogP contribution in [-0.4, -0.2) is 46.8 Å². The van der Waals surface area contributed by atoms with Gasteiger partial charge in [-0.05, 0) is 32.2 Å². The van der Waals surface area contributed by atoms with Crippen molar-refractivity contribution in [2.75, 3.05) is 19.6 Å². The van der Waals surface area contributed by atoms with Crippen LogP contribution in [0.3, 0.4) is 0 Å². The van der Waals surface area contributed by atoms with Crippen LogP contribution >= 0.6 is 0 Å². The third-order valence-corrected chi connectivity index (χ3v) is 3.42. The number of rotatable bonds is 8. The Labute approximate surface area is 104 Å². The number of carboxylic acid groups (broad SMARTS) is 1. The Balaban J connectivity index is 1.85. The zero-order valence-corrected chi connectivity index (χ0v) is 10.6. The largest absolute Gasteiger partial charge is 0.481 e. The lowest BCUT2D eigenvalue weighted by molar-refractivity contribution is -0.137. The number of carbonyl (C=O) groups is 1. The van der Waals surface area contributed by atoms with Crippen LogP contribution in [0.2, 0.25) is 0 Å². The standard InChI is InChI=1S/C13H25NO3/c15-12-7-10-14(11-8-12)9-5-3-1-2-4-6-13(16)17/h12,15H,1-11H2,(H,16,17). The Bertz CT molecular complexity index is 213. The predicted octanol–water partition coefficient (Wildman–Crippen LogP) is 1.87. The minimum Gasteiger partial charge on any atom is -0.481 e. The van der Waals surface area contributed by atoms with Gasteiger partial charge < -0.3 is 15.1 Å². The second-order valence-electron chi connectivity index (χ2n) is 4.98. The number of hydrogen-bond donors (Lipinski definition) is 2. The lowest BCUT2D eigenvalue weighted by Gasteiger charge is -2.29. The van der Waals surface area contributed by atoms with Crippen LogP contribution in [0.4, 0.5) is 0 Å². The van der Waals surface area contributed by atoms with E-state index in [-0.39, 0.29) is 6.10 Å². The molecule has 0 aromatic carbocycles. The summed E-state index contributed by atoms with van der Waals surface area (Å²) in [5.41, 5.74) is 0. The highest BCUT2D eigenvalue weighted by atomic mass is 16.4. The molecule has 0 bridgehead atoms. The number of aliphatic hydroxyl groups excluding tert-OH is 1. The summed E-state index contributed by atoms with van der Waals surface area (Å²) in [4.78, 5) is 12.7. The maximum Gasteiger partial charge on any atom is 0.303 e. The number of piperidine rings is 1. The lowest BCUT2D eigenvalue weighted by atomic mass is 10.1. The molecule has 100 valence electrons. The van der Waals surface area contributed by atoms with E-state index in [1.165, 1.54) is 12.8 Å². The summed E-state index contributed by atoms with van der Waals surface area (Å²) in [5, 5.41) is 17.8. The molecular weight excluding hydrogens is 218 g/mol. The molecule has 1 aliphatic rings. The van der Waals surface area contributed by atoms with Crippen LogP contribution in [0.15, 0.2) is 0 Å². The van der Waals surface area contributed by atoms with Gasteiger partial charge >= 0.3 is 5.97 Å². The van der Waals surface area contributed by atoms with Crippen molar-refractivity contribution in [3.05, 3.63) is 0 Å². The van der Waals surface area contributed by atoms with Crippen molar-refractivity contribution >= 4 is 5.97 Å². The number of likely N-dealkylation sites (tertiary alicyclic amines) is 1. The molecular formula is C13H25NO3. The van der Waals surface area contributed by atoms with Gasteiger partial charge in [-0.3, -0.25) is 4.79 Å². The van der Waals surface area contributed by atoms with Gasteiger partial charge in [-0.15, -0.1) is 0 Å². The third kappa shape index (κ3) is 7.34. The van der Waals surface area contributed by atoms with Crippen molar-refractivity contribution in [2.45, 2.75) is 57.5 Å². The van der Waals surface area contributed by atoms with Gasteiger partial charge in [-0.25, -0.2) is 0 Å². The highest BCUT2D eigenvalue weighted by Gasteiger charge is 2.15. The first-order valence-corrected chi connectivity index (χ1v) is 6.80. The molecule has 1 heterocycles. The molecule has 0 spiro atoms. The first-order valence-electron chi connectivity index (χ1n) is 6.80. The van der Waals surface area contributed by atoms with Crippen LogP contribution in [0.25, 0.3) is 0 Å². The van der Waals surface area contributed by atoms with Crippen LogP contribution in [0, 0.1) is 0 Å². The minimum atomic E-state index is -0.683. The summed E-state index contributed by atoms with van der Waals surface area (Å²) in [6.45, 7) is 3.19. The normalized spacial score (nSPS) is 18.4. The van der Waals surface area contributed by atoms with Crippen LogP contribution in [0.5, 0.6) is 0 Å². The molecule has 1 rings (SSSR count). The SMILES string of the molecule is O=C(O)CCCCCCCN1CCC(O)CC1. The third-order valence-electron chi connectivity index (χ3n) is 3.42. The number of aliphatic carboxylic acids is 1. The smallest absolute Gasteiger partial charge is 0.303 e. The van der Waals surface area contributed by atoms with E-state index in [1.807, 2.05) is 0 Å². The number of carboxylic acids is 1. The fourth-order valence-corrected chi connectivity index (χ4v) is 2.28. The van der Waals surface area contributed by atoms with Crippen molar-refractivity contribution in [3.8, 4) is 0 Å². The van der Waals surface area contributed by atoms with Gasteiger partial charge in [-0.2, -0.15) is 0 Å². The maximum absolute atomic E-state index is 10.3. The van der Waals surface area contributed by atoms with Gasteiger partial charge in [-0.1, -0.05) is 19.3 Å². The van der Waals surface area contributed by atoms with Crippen molar-refractivity contribution in [2.24, 2.45) is 0 Å². The van der Waals surface area contributed by atoms with Gasteiger partial charge in [0.1, 0.15) is 0 Å². The molecule has 0 unspecified atom stereocenters. The van der Waals surface area contributed by atoms with E-state index in [9.17, 15) is 9.90 Å². The summed E-state index contributed by atoms with van der Waals surface area (Å²) in [6, 6.07) is 0. The number of unbranched alkanes of at least 4 members (excludes halogenated alkanes) is 4.